The molecule has 0 bridgehead atoms. The minimum absolute atomic E-state index is 0.621. The summed E-state index contributed by atoms with van der Waals surface area (Å²) >= 11 is 3.00. The second-order valence-electron chi connectivity index (χ2n) is 3.73. The third-order valence-electron chi connectivity index (χ3n) is 2.43. The summed E-state index contributed by atoms with van der Waals surface area (Å²) in [7, 11) is 1.68. The molecule has 1 aromatic rings. The summed E-state index contributed by atoms with van der Waals surface area (Å²) in [6.45, 7) is 0.621. The molecule has 3 heteroatoms. The van der Waals surface area contributed by atoms with Gasteiger partial charge < -0.3 is 0 Å². The Balaban J connectivity index is 1.89. The zero-order valence-electron chi connectivity index (χ0n) is 8.73. The van der Waals surface area contributed by atoms with Gasteiger partial charge in [0.15, 0.2) is 0 Å². The fourth-order valence-electron chi connectivity index (χ4n) is 1.35. The van der Waals surface area contributed by atoms with E-state index in [1.165, 1.54) is 12.8 Å². The van der Waals surface area contributed by atoms with E-state index in [-0.39, 0.29) is 0 Å². The van der Waals surface area contributed by atoms with Crippen LogP contribution in [0.4, 0.5) is 0 Å². The fraction of sp³-hybridized carbons (Fsp3) is 0.417. The van der Waals surface area contributed by atoms with Crippen LogP contribution in [0.1, 0.15) is 18.4 Å². The number of methoxy groups -OCH3 is 1. The Morgan fingerprint density at radius 3 is 2.93 bits per heavy atom. The Hall–Kier alpha value is -0.618. The van der Waals surface area contributed by atoms with E-state index in [4.69, 9.17) is 9.47 Å². The van der Waals surface area contributed by atoms with Crippen LogP contribution in [0, 0.1) is 5.92 Å². The van der Waals surface area contributed by atoms with Gasteiger partial charge in [0.1, 0.15) is 0 Å². The molecule has 0 unspecified atom stereocenters. The van der Waals surface area contributed by atoms with Gasteiger partial charge in [-0.05, 0) is 0 Å². The van der Waals surface area contributed by atoms with Crippen molar-refractivity contribution in [2.75, 3.05) is 7.11 Å². The molecule has 15 heavy (non-hydrogen) atoms. The predicted octanol–water partition coefficient (Wildman–Crippen LogP) is 2.30. The van der Waals surface area contributed by atoms with E-state index in [9.17, 15) is 0 Å². The molecule has 1 fully saturated rings. The first-order valence-electron chi connectivity index (χ1n) is 5.09. The van der Waals surface area contributed by atoms with Crippen LogP contribution in [0.15, 0.2) is 24.3 Å². The van der Waals surface area contributed by atoms with Crippen LogP contribution in [0.2, 0.25) is 0 Å². The molecular formula is C12H14CrO2. The van der Waals surface area contributed by atoms with Crippen LogP contribution in [-0.2, 0) is 27.2 Å². The monoisotopic (exact) mass is 242 g/mol. The van der Waals surface area contributed by atoms with E-state index in [2.05, 4.69) is 15.9 Å². The summed E-state index contributed by atoms with van der Waals surface area (Å²) < 4.78 is 11.9. The molecule has 80 valence electrons. The second kappa shape index (κ2) is 4.94. The maximum atomic E-state index is 5.66. The zero-order valence-corrected chi connectivity index (χ0v) is 10.0. The molecule has 1 aliphatic carbocycles. The van der Waals surface area contributed by atoms with Crippen molar-refractivity contribution in [1.29, 1.82) is 0 Å². The van der Waals surface area contributed by atoms with Gasteiger partial charge in [-0.2, -0.15) is 0 Å². The molecular weight excluding hydrogens is 228 g/mol. The molecule has 0 saturated heterocycles. The second-order valence-corrected chi connectivity index (χ2v) is 4.36. The van der Waals surface area contributed by atoms with Crippen LogP contribution < -0.4 is 4.74 Å². The van der Waals surface area contributed by atoms with Gasteiger partial charge in [-0.15, -0.1) is 0 Å². The maximum absolute atomic E-state index is 5.66. The Morgan fingerprint density at radius 1 is 1.47 bits per heavy atom. The molecule has 0 atom stereocenters. The van der Waals surface area contributed by atoms with E-state index < -0.39 is 0 Å². The molecule has 1 saturated carbocycles. The van der Waals surface area contributed by atoms with Gasteiger partial charge in [0, 0.05) is 0 Å². The first-order valence-corrected chi connectivity index (χ1v) is 5.73. The molecule has 2 nitrogen and oxygen atoms in total. The third-order valence-corrected chi connectivity index (χ3v) is 3.13. The van der Waals surface area contributed by atoms with Crippen molar-refractivity contribution in [3.8, 4) is 5.75 Å². The molecule has 0 amide bonds. The average Bonchev–Trinajstić information content (AvgIpc) is 3.10. The number of rotatable bonds is 5. The molecule has 1 aromatic carbocycles. The molecule has 0 heterocycles. The van der Waals surface area contributed by atoms with Crippen LogP contribution in [0.5, 0.6) is 5.75 Å². The summed E-state index contributed by atoms with van der Waals surface area (Å²) in [5.74, 6) is 1.54. The summed E-state index contributed by atoms with van der Waals surface area (Å²) in [5.41, 5.74) is 1.14. The molecule has 0 N–H and O–H groups in total. The number of benzene rings is 1. The van der Waals surface area contributed by atoms with Gasteiger partial charge in [-0.3, -0.25) is 0 Å². The van der Waals surface area contributed by atoms with Crippen molar-refractivity contribution in [3.63, 3.8) is 0 Å². The number of hydrogen-bond acceptors (Lipinski definition) is 2. The quantitative estimate of drug-likeness (QED) is 0.788. The summed E-state index contributed by atoms with van der Waals surface area (Å²) in [6.07, 6.45) is 2.53. The fourth-order valence-corrected chi connectivity index (χ4v) is 1.81. The summed E-state index contributed by atoms with van der Waals surface area (Å²) in [5, 5.41) is 0. The van der Waals surface area contributed by atoms with Crippen LogP contribution in [0.3, 0.4) is 0 Å². The Bertz CT molecular complexity index is 358. The van der Waals surface area contributed by atoms with Gasteiger partial charge in [0.05, 0.1) is 0 Å². The van der Waals surface area contributed by atoms with Crippen molar-refractivity contribution in [2.24, 2.45) is 5.92 Å². The Labute approximate surface area is 98.2 Å². The molecule has 0 spiro atoms. The summed E-state index contributed by atoms with van der Waals surface area (Å²) in [6, 6.07) is 7.96. The average molecular weight is 242 g/mol. The molecule has 2 rings (SSSR count). The minimum atomic E-state index is 0.621. The van der Waals surface area contributed by atoms with Crippen molar-refractivity contribution in [1.82, 2.24) is 0 Å². The van der Waals surface area contributed by atoms with E-state index in [0.29, 0.717) is 12.5 Å². The van der Waals surface area contributed by atoms with E-state index >= 15 is 0 Å². The van der Waals surface area contributed by atoms with Crippen LogP contribution in [0.25, 0.3) is 0 Å². The van der Waals surface area contributed by atoms with E-state index in [1.54, 1.807) is 7.11 Å². The zero-order chi connectivity index (χ0) is 10.7. The van der Waals surface area contributed by atoms with Crippen molar-refractivity contribution < 1.29 is 25.3 Å². The summed E-state index contributed by atoms with van der Waals surface area (Å²) in [4.78, 5) is 0. The number of hydrogen-bond donors (Lipinski definition) is 0. The molecule has 1 aliphatic rings. The number of ether oxygens (including phenoxy) is 2. The molecule has 0 aromatic heterocycles. The standard InChI is InChI=1S/C12H14O2.Cr/c1-13-12-4-2-3-11(7-12)9-14-8-10-5-6-10;/h2-4,7,10H,5-6,9H2,1H3;. The van der Waals surface area contributed by atoms with Crippen molar-refractivity contribution in [2.45, 2.75) is 19.4 Å². The predicted molar refractivity (Wildman–Crippen MR) is 55.5 cm³/mol. The van der Waals surface area contributed by atoms with Gasteiger partial charge in [0.25, 0.3) is 0 Å². The van der Waals surface area contributed by atoms with Gasteiger partial charge in [-0.1, -0.05) is 0 Å². The SMILES string of the molecule is COc1cccc(CO[C](=[Cr])C2CC2)c1. The van der Waals surface area contributed by atoms with Crippen LogP contribution >= 0.6 is 0 Å². The Morgan fingerprint density at radius 2 is 2.27 bits per heavy atom. The van der Waals surface area contributed by atoms with Crippen molar-refractivity contribution in [3.05, 3.63) is 29.8 Å². The first kappa shape index (κ1) is 10.9. The van der Waals surface area contributed by atoms with Gasteiger partial charge in [0.2, 0.25) is 0 Å². The normalized spacial score (nSPS) is 15.0. The van der Waals surface area contributed by atoms with Gasteiger partial charge in [-0.25, -0.2) is 0 Å². The topological polar surface area (TPSA) is 18.5 Å². The molecule has 0 aliphatic heterocycles. The first-order chi connectivity index (χ1) is 7.29. The molecule has 0 radical (unpaired) electrons. The van der Waals surface area contributed by atoms with E-state index in [0.717, 1.165) is 15.9 Å². The van der Waals surface area contributed by atoms with Crippen molar-refractivity contribution >= 4 is 4.57 Å². The van der Waals surface area contributed by atoms with Crippen LogP contribution in [-0.4, -0.2) is 11.7 Å². The van der Waals surface area contributed by atoms with Gasteiger partial charge >= 0.3 is 97.9 Å². The van der Waals surface area contributed by atoms with E-state index in [1.807, 2.05) is 24.3 Å². The Kier molecular flexibility index (Phi) is 3.58. The third kappa shape index (κ3) is 3.17.